The molecular formula is C18H25NO. The molecule has 20 heavy (non-hydrogen) atoms. The van der Waals surface area contributed by atoms with Crippen molar-refractivity contribution >= 4 is 11.0 Å². The number of fused-ring (bicyclic) bond motifs is 1. The topological polar surface area (TPSA) is 25.2 Å². The summed E-state index contributed by atoms with van der Waals surface area (Å²) >= 11 is 0. The van der Waals surface area contributed by atoms with Gasteiger partial charge in [0.1, 0.15) is 11.3 Å². The highest BCUT2D eigenvalue weighted by molar-refractivity contribution is 5.78. The van der Waals surface area contributed by atoms with Crippen molar-refractivity contribution < 1.29 is 4.42 Å². The molecule has 1 aliphatic carbocycles. The Bertz CT molecular complexity index is 568. The van der Waals surface area contributed by atoms with Crippen LogP contribution in [0.1, 0.15) is 56.9 Å². The summed E-state index contributed by atoms with van der Waals surface area (Å²) in [5.41, 5.74) is 2.46. The van der Waals surface area contributed by atoms with Crippen LogP contribution in [0.25, 0.3) is 11.0 Å². The van der Waals surface area contributed by atoms with Gasteiger partial charge < -0.3 is 9.73 Å². The Balaban J connectivity index is 1.85. The third-order valence-corrected chi connectivity index (χ3v) is 4.24. The van der Waals surface area contributed by atoms with Gasteiger partial charge in [0.25, 0.3) is 0 Å². The third-order valence-electron chi connectivity index (χ3n) is 4.24. The van der Waals surface area contributed by atoms with Crippen molar-refractivity contribution in [2.24, 2.45) is 5.92 Å². The van der Waals surface area contributed by atoms with E-state index < -0.39 is 0 Å². The van der Waals surface area contributed by atoms with Gasteiger partial charge >= 0.3 is 0 Å². The lowest BCUT2D eigenvalue weighted by Crippen LogP contribution is -2.21. The molecule has 1 aromatic carbocycles. The van der Waals surface area contributed by atoms with Gasteiger partial charge in [-0.3, -0.25) is 0 Å². The molecule has 0 radical (unpaired) electrons. The third kappa shape index (κ3) is 2.90. The van der Waals surface area contributed by atoms with Crippen LogP contribution in [-0.2, 0) is 6.42 Å². The molecule has 1 aliphatic rings. The number of unbranched alkanes of at least 4 members (excludes halogenated alkanes) is 1. The Morgan fingerprint density at radius 3 is 2.80 bits per heavy atom. The van der Waals surface area contributed by atoms with Gasteiger partial charge in [-0.25, -0.2) is 0 Å². The highest BCUT2D eigenvalue weighted by atomic mass is 16.3. The first-order valence-electron chi connectivity index (χ1n) is 8.07. The highest BCUT2D eigenvalue weighted by Gasteiger charge is 2.33. The van der Waals surface area contributed by atoms with E-state index in [4.69, 9.17) is 4.42 Å². The fraction of sp³-hybridized carbons (Fsp3) is 0.556. The smallest absolute Gasteiger partial charge is 0.134 e. The monoisotopic (exact) mass is 271 g/mol. The fourth-order valence-electron chi connectivity index (χ4n) is 2.95. The van der Waals surface area contributed by atoms with Gasteiger partial charge in [-0.05, 0) is 61.9 Å². The van der Waals surface area contributed by atoms with Crippen molar-refractivity contribution in [3.8, 4) is 0 Å². The van der Waals surface area contributed by atoms with Gasteiger partial charge in [-0.15, -0.1) is 0 Å². The molecule has 0 saturated heterocycles. The highest BCUT2D eigenvalue weighted by Crippen LogP contribution is 2.42. The molecule has 1 N–H and O–H groups in total. The zero-order valence-corrected chi connectivity index (χ0v) is 12.6. The molecule has 1 aromatic heterocycles. The Kier molecular flexibility index (Phi) is 4.11. The molecule has 2 nitrogen and oxygen atoms in total. The summed E-state index contributed by atoms with van der Waals surface area (Å²) in [6.07, 6.45) is 6.34. The fourth-order valence-corrected chi connectivity index (χ4v) is 2.95. The average molecular weight is 271 g/mol. The number of furan rings is 1. The van der Waals surface area contributed by atoms with Crippen molar-refractivity contribution in [1.82, 2.24) is 5.32 Å². The van der Waals surface area contributed by atoms with Gasteiger partial charge in [0.05, 0.1) is 6.04 Å². The summed E-state index contributed by atoms with van der Waals surface area (Å²) in [7, 11) is 0. The van der Waals surface area contributed by atoms with Crippen LogP contribution in [0.5, 0.6) is 0 Å². The summed E-state index contributed by atoms with van der Waals surface area (Å²) in [6, 6.07) is 9.31. The summed E-state index contributed by atoms with van der Waals surface area (Å²) < 4.78 is 6.08. The van der Waals surface area contributed by atoms with E-state index in [-0.39, 0.29) is 0 Å². The second-order valence-electron chi connectivity index (χ2n) is 6.00. The van der Waals surface area contributed by atoms with Gasteiger partial charge in [0.2, 0.25) is 0 Å². The SMILES string of the molecule is CCCCc1ccc2oc(C(NCC)C3CC3)cc2c1. The average Bonchev–Trinajstić information content (AvgIpc) is 3.21. The predicted molar refractivity (Wildman–Crippen MR) is 84.0 cm³/mol. The molecule has 108 valence electrons. The molecule has 2 aromatic rings. The normalized spacial score (nSPS) is 16.7. The summed E-state index contributed by atoms with van der Waals surface area (Å²) in [6.45, 7) is 5.41. The number of rotatable bonds is 7. The number of hydrogen-bond acceptors (Lipinski definition) is 2. The van der Waals surface area contributed by atoms with Gasteiger partial charge in [0.15, 0.2) is 0 Å². The van der Waals surface area contributed by atoms with Crippen molar-refractivity contribution in [2.75, 3.05) is 6.54 Å². The molecule has 1 atom stereocenters. The lowest BCUT2D eigenvalue weighted by atomic mass is 10.1. The molecule has 0 spiro atoms. The zero-order valence-electron chi connectivity index (χ0n) is 12.6. The van der Waals surface area contributed by atoms with E-state index in [2.05, 4.69) is 43.4 Å². The number of nitrogens with one attached hydrogen (secondary N) is 1. The minimum absolute atomic E-state index is 0.409. The van der Waals surface area contributed by atoms with E-state index in [1.54, 1.807) is 0 Å². The Hall–Kier alpha value is -1.28. The maximum atomic E-state index is 6.08. The Morgan fingerprint density at radius 1 is 1.25 bits per heavy atom. The molecule has 0 bridgehead atoms. The van der Waals surface area contributed by atoms with E-state index >= 15 is 0 Å². The molecule has 1 unspecified atom stereocenters. The minimum atomic E-state index is 0.409. The van der Waals surface area contributed by atoms with Crippen LogP contribution >= 0.6 is 0 Å². The van der Waals surface area contributed by atoms with Crippen LogP contribution in [0.4, 0.5) is 0 Å². The van der Waals surface area contributed by atoms with Crippen molar-refractivity contribution in [2.45, 2.75) is 52.0 Å². The van der Waals surface area contributed by atoms with Crippen LogP contribution in [0.15, 0.2) is 28.7 Å². The molecule has 1 heterocycles. The van der Waals surface area contributed by atoms with E-state index in [1.807, 2.05) is 0 Å². The molecule has 1 saturated carbocycles. The first kappa shape index (κ1) is 13.7. The first-order chi connectivity index (χ1) is 9.81. The quantitative estimate of drug-likeness (QED) is 0.779. The van der Waals surface area contributed by atoms with Crippen LogP contribution in [0.3, 0.4) is 0 Å². The van der Waals surface area contributed by atoms with Crippen molar-refractivity contribution in [3.05, 3.63) is 35.6 Å². The van der Waals surface area contributed by atoms with E-state index in [1.165, 1.54) is 43.1 Å². The van der Waals surface area contributed by atoms with Crippen molar-refractivity contribution in [3.63, 3.8) is 0 Å². The standard InChI is InChI=1S/C18H25NO/c1-3-5-6-13-7-10-16-15(11-13)12-17(20-16)18(19-4-2)14-8-9-14/h7,10-12,14,18-19H,3-6,8-9H2,1-2H3. The Labute approximate surface area is 121 Å². The van der Waals surface area contributed by atoms with E-state index in [0.29, 0.717) is 6.04 Å². The van der Waals surface area contributed by atoms with Gasteiger partial charge in [-0.2, -0.15) is 0 Å². The lowest BCUT2D eigenvalue weighted by Gasteiger charge is -2.13. The largest absolute Gasteiger partial charge is 0.459 e. The molecule has 2 heteroatoms. The molecular weight excluding hydrogens is 246 g/mol. The summed E-state index contributed by atoms with van der Waals surface area (Å²) in [5, 5.41) is 4.84. The second kappa shape index (κ2) is 6.01. The molecule has 0 amide bonds. The Morgan fingerprint density at radius 2 is 2.10 bits per heavy atom. The maximum Gasteiger partial charge on any atom is 0.134 e. The molecule has 3 rings (SSSR count). The first-order valence-corrected chi connectivity index (χ1v) is 8.07. The van der Waals surface area contributed by atoms with E-state index in [9.17, 15) is 0 Å². The predicted octanol–water partition coefficient (Wildman–Crippen LogP) is 4.84. The zero-order chi connectivity index (χ0) is 13.9. The minimum Gasteiger partial charge on any atom is -0.459 e. The van der Waals surface area contributed by atoms with Crippen molar-refractivity contribution in [1.29, 1.82) is 0 Å². The van der Waals surface area contributed by atoms with Gasteiger partial charge in [-0.1, -0.05) is 26.3 Å². The summed E-state index contributed by atoms with van der Waals surface area (Å²) in [4.78, 5) is 0. The van der Waals surface area contributed by atoms with Crippen LogP contribution in [0.2, 0.25) is 0 Å². The molecule has 1 fully saturated rings. The second-order valence-corrected chi connectivity index (χ2v) is 6.00. The maximum absolute atomic E-state index is 6.08. The number of hydrogen-bond donors (Lipinski definition) is 1. The van der Waals surface area contributed by atoms with Gasteiger partial charge in [0, 0.05) is 5.39 Å². The number of benzene rings is 1. The van der Waals surface area contributed by atoms with Crippen LogP contribution < -0.4 is 5.32 Å². The summed E-state index contributed by atoms with van der Waals surface area (Å²) in [5.74, 6) is 1.90. The van der Waals surface area contributed by atoms with Crippen LogP contribution in [0, 0.1) is 5.92 Å². The number of aryl methyl sites for hydroxylation is 1. The van der Waals surface area contributed by atoms with E-state index in [0.717, 1.165) is 23.8 Å². The van der Waals surface area contributed by atoms with Crippen LogP contribution in [-0.4, -0.2) is 6.54 Å². The lowest BCUT2D eigenvalue weighted by molar-refractivity contribution is 0.403. The molecule has 0 aliphatic heterocycles.